The molecule has 1 atom stereocenters. The highest BCUT2D eigenvalue weighted by Gasteiger charge is 2.16. The molecule has 0 saturated carbocycles. The minimum Gasteiger partial charge on any atom is -0.396 e. The number of hydrogen-bond acceptors (Lipinski definition) is 3. The van der Waals surface area contributed by atoms with Gasteiger partial charge in [0, 0.05) is 35.4 Å². The third-order valence-corrected chi connectivity index (χ3v) is 3.47. The van der Waals surface area contributed by atoms with Crippen LogP contribution in [0.3, 0.4) is 0 Å². The number of aliphatic hydroxyl groups excluding tert-OH is 1. The van der Waals surface area contributed by atoms with E-state index in [1.165, 1.54) is 0 Å². The maximum atomic E-state index is 9.02. The minimum atomic E-state index is 0.00322. The lowest BCUT2D eigenvalue weighted by Crippen LogP contribution is -2.33. The standard InChI is InChI=1S/C14H23BrN2O/c1-10(2)17(7-4-8-18)14-9-12(15)5-6-13(14)11(3)16/h5-6,9-11,18H,4,7-8,16H2,1-3H3. The molecule has 1 aromatic carbocycles. The maximum absolute atomic E-state index is 9.02. The van der Waals surface area contributed by atoms with Gasteiger partial charge in [-0.3, -0.25) is 0 Å². The molecule has 3 nitrogen and oxygen atoms in total. The van der Waals surface area contributed by atoms with Crippen LogP contribution >= 0.6 is 15.9 Å². The van der Waals surface area contributed by atoms with Gasteiger partial charge in [0.25, 0.3) is 0 Å². The molecule has 0 heterocycles. The van der Waals surface area contributed by atoms with E-state index in [4.69, 9.17) is 10.8 Å². The van der Waals surface area contributed by atoms with Gasteiger partial charge in [-0.25, -0.2) is 0 Å². The molecular formula is C14H23BrN2O. The first-order valence-electron chi connectivity index (χ1n) is 6.40. The highest BCUT2D eigenvalue weighted by Crippen LogP contribution is 2.30. The van der Waals surface area contributed by atoms with E-state index in [9.17, 15) is 0 Å². The predicted octanol–water partition coefficient (Wildman–Crippen LogP) is 3.07. The fourth-order valence-corrected chi connectivity index (χ4v) is 2.40. The molecule has 18 heavy (non-hydrogen) atoms. The molecule has 0 spiro atoms. The van der Waals surface area contributed by atoms with Gasteiger partial charge in [0.05, 0.1) is 0 Å². The van der Waals surface area contributed by atoms with E-state index >= 15 is 0 Å². The summed E-state index contributed by atoms with van der Waals surface area (Å²) in [5.74, 6) is 0. The van der Waals surface area contributed by atoms with E-state index < -0.39 is 0 Å². The van der Waals surface area contributed by atoms with E-state index in [0.29, 0.717) is 6.04 Å². The molecule has 4 heteroatoms. The van der Waals surface area contributed by atoms with Gasteiger partial charge in [-0.2, -0.15) is 0 Å². The Balaban J connectivity index is 3.12. The predicted molar refractivity (Wildman–Crippen MR) is 80.9 cm³/mol. The van der Waals surface area contributed by atoms with Gasteiger partial charge >= 0.3 is 0 Å². The smallest absolute Gasteiger partial charge is 0.0447 e. The molecule has 0 fully saturated rings. The molecule has 0 aliphatic carbocycles. The molecule has 1 unspecified atom stereocenters. The summed E-state index contributed by atoms with van der Waals surface area (Å²) in [6, 6.07) is 6.58. The number of aliphatic hydroxyl groups is 1. The Labute approximate surface area is 118 Å². The fourth-order valence-electron chi connectivity index (χ4n) is 2.05. The van der Waals surface area contributed by atoms with E-state index in [-0.39, 0.29) is 12.6 Å². The summed E-state index contributed by atoms with van der Waals surface area (Å²) in [7, 11) is 0. The molecule has 0 radical (unpaired) electrons. The van der Waals surface area contributed by atoms with E-state index in [0.717, 1.165) is 28.7 Å². The van der Waals surface area contributed by atoms with Gasteiger partial charge in [-0.1, -0.05) is 22.0 Å². The van der Waals surface area contributed by atoms with Crippen molar-refractivity contribution in [1.82, 2.24) is 0 Å². The number of nitrogens with two attached hydrogens (primary N) is 1. The van der Waals surface area contributed by atoms with Crippen LogP contribution in [0, 0.1) is 0 Å². The number of hydrogen-bond donors (Lipinski definition) is 2. The van der Waals surface area contributed by atoms with Crippen molar-refractivity contribution in [2.24, 2.45) is 5.73 Å². The molecule has 0 aromatic heterocycles. The van der Waals surface area contributed by atoms with Gasteiger partial charge in [0.15, 0.2) is 0 Å². The average molecular weight is 315 g/mol. The third-order valence-electron chi connectivity index (χ3n) is 2.97. The minimum absolute atomic E-state index is 0.00322. The summed E-state index contributed by atoms with van der Waals surface area (Å²) in [5, 5.41) is 9.02. The maximum Gasteiger partial charge on any atom is 0.0447 e. The molecule has 0 aliphatic heterocycles. The van der Waals surface area contributed by atoms with Crippen molar-refractivity contribution in [3.8, 4) is 0 Å². The Morgan fingerprint density at radius 2 is 2.00 bits per heavy atom. The molecule has 1 aromatic rings. The first-order valence-corrected chi connectivity index (χ1v) is 7.19. The monoisotopic (exact) mass is 314 g/mol. The molecule has 102 valence electrons. The lowest BCUT2D eigenvalue weighted by atomic mass is 10.0. The van der Waals surface area contributed by atoms with Crippen LogP contribution in [0.2, 0.25) is 0 Å². The van der Waals surface area contributed by atoms with Crippen LogP contribution in [0.1, 0.15) is 38.8 Å². The molecule has 0 bridgehead atoms. The van der Waals surface area contributed by atoms with Crippen molar-refractivity contribution in [1.29, 1.82) is 0 Å². The van der Waals surface area contributed by atoms with Crippen molar-refractivity contribution >= 4 is 21.6 Å². The molecule has 1 rings (SSSR count). The first-order chi connectivity index (χ1) is 8.47. The largest absolute Gasteiger partial charge is 0.396 e. The van der Waals surface area contributed by atoms with Crippen LogP contribution in [0.25, 0.3) is 0 Å². The van der Waals surface area contributed by atoms with Gasteiger partial charge in [0.2, 0.25) is 0 Å². The quantitative estimate of drug-likeness (QED) is 0.848. The second-order valence-electron chi connectivity index (χ2n) is 4.86. The Morgan fingerprint density at radius 3 is 2.50 bits per heavy atom. The highest BCUT2D eigenvalue weighted by molar-refractivity contribution is 9.10. The van der Waals surface area contributed by atoms with Gasteiger partial charge < -0.3 is 15.7 Å². The van der Waals surface area contributed by atoms with Crippen LogP contribution < -0.4 is 10.6 Å². The van der Waals surface area contributed by atoms with Crippen LogP contribution in [-0.2, 0) is 0 Å². The van der Waals surface area contributed by atoms with Crippen LogP contribution in [0.4, 0.5) is 5.69 Å². The Kier molecular flexibility index (Phi) is 6.12. The van der Waals surface area contributed by atoms with Crippen molar-refractivity contribution in [3.63, 3.8) is 0 Å². The van der Waals surface area contributed by atoms with Gasteiger partial charge in [-0.05, 0) is 44.9 Å². The van der Waals surface area contributed by atoms with Crippen LogP contribution in [-0.4, -0.2) is 24.3 Å². The van der Waals surface area contributed by atoms with Gasteiger partial charge in [0.1, 0.15) is 0 Å². The van der Waals surface area contributed by atoms with E-state index in [1.54, 1.807) is 0 Å². The molecule has 0 aliphatic rings. The van der Waals surface area contributed by atoms with E-state index in [1.807, 2.05) is 13.0 Å². The Hall–Kier alpha value is -0.580. The number of rotatable bonds is 6. The normalized spacial score (nSPS) is 12.8. The number of anilines is 1. The second kappa shape index (κ2) is 7.12. The lowest BCUT2D eigenvalue weighted by molar-refractivity contribution is 0.288. The Bertz CT molecular complexity index is 380. The number of halogens is 1. The van der Waals surface area contributed by atoms with Crippen LogP contribution in [0.5, 0.6) is 0 Å². The zero-order valence-corrected chi connectivity index (χ0v) is 12.9. The third kappa shape index (κ3) is 3.97. The zero-order valence-electron chi connectivity index (χ0n) is 11.4. The second-order valence-corrected chi connectivity index (χ2v) is 5.77. The summed E-state index contributed by atoms with van der Waals surface area (Å²) in [5.41, 5.74) is 8.34. The van der Waals surface area contributed by atoms with E-state index in [2.05, 4.69) is 46.8 Å². The van der Waals surface area contributed by atoms with Crippen LogP contribution in [0.15, 0.2) is 22.7 Å². The topological polar surface area (TPSA) is 49.5 Å². The molecule has 3 N–H and O–H groups in total. The van der Waals surface area contributed by atoms with Crippen molar-refractivity contribution in [3.05, 3.63) is 28.2 Å². The average Bonchev–Trinajstić information content (AvgIpc) is 2.28. The highest BCUT2D eigenvalue weighted by atomic mass is 79.9. The number of nitrogens with zero attached hydrogens (tertiary/aromatic N) is 1. The summed E-state index contributed by atoms with van der Waals surface area (Å²) < 4.78 is 1.05. The molecule has 0 saturated heterocycles. The van der Waals surface area contributed by atoms with Crippen molar-refractivity contribution in [2.75, 3.05) is 18.1 Å². The number of benzene rings is 1. The summed E-state index contributed by atoms with van der Waals surface area (Å²) in [6.45, 7) is 7.36. The zero-order chi connectivity index (χ0) is 13.7. The fraction of sp³-hybridized carbons (Fsp3) is 0.571. The molecule has 0 amide bonds. The summed E-state index contributed by atoms with van der Waals surface area (Å²) >= 11 is 3.51. The lowest BCUT2D eigenvalue weighted by Gasteiger charge is -2.32. The summed E-state index contributed by atoms with van der Waals surface area (Å²) in [6.07, 6.45) is 0.767. The first kappa shape index (κ1) is 15.5. The van der Waals surface area contributed by atoms with Crippen molar-refractivity contribution in [2.45, 2.75) is 39.3 Å². The van der Waals surface area contributed by atoms with Gasteiger partial charge in [-0.15, -0.1) is 0 Å². The summed E-state index contributed by atoms with van der Waals surface area (Å²) in [4.78, 5) is 2.29. The SMILES string of the molecule is CC(N)c1ccc(Br)cc1N(CCCO)C(C)C. The Morgan fingerprint density at radius 1 is 1.33 bits per heavy atom. The molecular weight excluding hydrogens is 292 g/mol. The van der Waals surface area contributed by atoms with Crippen molar-refractivity contribution < 1.29 is 5.11 Å².